The summed E-state index contributed by atoms with van der Waals surface area (Å²) in [5.74, 6) is 0.302. The van der Waals surface area contributed by atoms with Crippen molar-refractivity contribution < 1.29 is 9.59 Å². The number of nitrogens with one attached hydrogen (secondary N) is 1. The lowest BCUT2D eigenvalue weighted by molar-refractivity contribution is -0.140. The molecule has 2 atom stereocenters. The van der Waals surface area contributed by atoms with Gasteiger partial charge in [-0.1, -0.05) is 51.4 Å². The van der Waals surface area contributed by atoms with Gasteiger partial charge in [-0.05, 0) is 41.4 Å². The number of hydrogen-bond donors (Lipinski definition) is 1. The van der Waals surface area contributed by atoms with Crippen molar-refractivity contribution in [2.24, 2.45) is 11.3 Å². The van der Waals surface area contributed by atoms with Crippen LogP contribution in [0.15, 0.2) is 24.3 Å². The van der Waals surface area contributed by atoms with Crippen LogP contribution in [0, 0.1) is 11.3 Å². The predicted octanol–water partition coefficient (Wildman–Crippen LogP) is 3.84. The number of rotatable bonds is 4. The lowest BCUT2D eigenvalue weighted by Gasteiger charge is -2.45. The van der Waals surface area contributed by atoms with Crippen molar-refractivity contribution in [1.82, 2.24) is 10.2 Å². The van der Waals surface area contributed by atoms with Crippen molar-refractivity contribution in [3.8, 4) is 0 Å². The number of benzene rings is 1. The van der Waals surface area contributed by atoms with Crippen molar-refractivity contribution in [3.05, 3.63) is 34.9 Å². The van der Waals surface area contributed by atoms with Gasteiger partial charge in [-0.25, -0.2) is 0 Å². The Morgan fingerprint density at radius 1 is 1.24 bits per heavy atom. The van der Waals surface area contributed by atoms with Crippen LogP contribution in [0.5, 0.6) is 0 Å². The fourth-order valence-corrected chi connectivity index (χ4v) is 3.91. The summed E-state index contributed by atoms with van der Waals surface area (Å²) in [4.78, 5) is 26.3. The molecule has 1 aromatic carbocycles. The van der Waals surface area contributed by atoms with E-state index < -0.39 is 6.04 Å². The lowest BCUT2D eigenvalue weighted by atomic mass is 9.70. The van der Waals surface area contributed by atoms with Gasteiger partial charge in [0.15, 0.2) is 0 Å². The second-order valence-corrected chi connectivity index (χ2v) is 8.50. The van der Waals surface area contributed by atoms with Crippen LogP contribution in [0.1, 0.15) is 52.5 Å². The maximum absolute atomic E-state index is 12.9. The molecule has 0 unspecified atom stereocenters. The summed E-state index contributed by atoms with van der Waals surface area (Å²) in [5, 5.41) is 3.55. The molecule has 2 amide bonds. The molecule has 0 aliphatic carbocycles. The minimum atomic E-state index is -0.458. The van der Waals surface area contributed by atoms with Crippen LogP contribution in [-0.2, 0) is 9.59 Å². The summed E-state index contributed by atoms with van der Waals surface area (Å²) in [7, 11) is 0. The van der Waals surface area contributed by atoms with E-state index in [1.807, 2.05) is 30.9 Å². The van der Waals surface area contributed by atoms with Crippen LogP contribution in [0.2, 0.25) is 5.02 Å². The zero-order valence-corrected chi connectivity index (χ0v) is 16.6. The highest BCUT2D eigenvalue weighted by Gasteiger charge is 2.40. The van der Waals surface area contributed by atoms with Crippen LogP contribution in [-0.4, -0.2) is 35.8 Å². The lowest BCUT2D eigenvalue weighted by Crippen LogP contribution is -2.55. The van der Waals surface area contributed by atoms with Crippen LogP contribution in [0.4, 0.5) is 0 Å². The van der Waals surface area contributed by atoms with Crippen LogP contribution in [0.3, 0.4) is 0 Å². The maximum atomic E-state index is 12.9. The average Bonchev–Trinajstić information content (AvgIpc) is 2.51. The molecule has 1 heterocycles. The molecular formula is C20H29ClN2O2. The number of halogens is 1. The Balaban J connectivity index is 2.14. The van der Waals surface area contributed by atoms with Gasteiger partial charge in [0.05, 0.1) is 0 Å². The molecule has 1 fully saturated rings. The quantitative estimate of drug-likeness (QED) is 0.882. The van der Waals surface area contributed by atoms with E-state index >= 15 is 0 Å². The first-order valence-electron chi connectivity index (χ1n) is 8.93. The Kier molecular flexibility index (Phi) is 6.15. The molecule has 138 valence electrons. The number of hydrogen-bond acceptors (Lipinski definition) is 2. The Morgan fingerprint density at radius 3 is 2.32 bits per heavy atom. The van der Waals surface area contributed by atoms with Gasteiger partial charge in [0, 0.05) is 25.0 Å². The first-order valence-corrected chi connectivity index (χ1v) is 9.31. The summed E-state index contributed by atoms with van der Waals surface area (Å²) >= 11 is 6.00. The van der Waals surface area contributed by atoms with Crippen LogP contribution >= 0.6 is 11.6 Å². The largest absolute Gasteiger partial charge is 0.344 e. The zero-order chi connectivity index (χ0) is 18.8. The molecule has 25 heavy (non-hydrogen) atoms. The smallest absolute Gasteiger partial charge is 0.245 e. The third-order valence-electron chi connectivity index (χ3n) is 5.10. The molecule has 1 N–H and O–H groups in total. The molecule has 0 spiro atoms. The third kappa shape index (κ3) is 4.75. The van der Waals surface area contributed by atoms with Crippen molar-refractivity contribution in [3.63, 3.8) is 0 Å². The topological polar surface area (TPSA) is 49.4 Å². The summed E-state index contributed by atoms with van der Waals surface area (Å²) < 4.78 is 0. The van der Waals surface area contributed by atoms with Gasteiger partial charge in [0.1, 0.15) is 6.04 Å². The van der Waals surface area contributed by atoms with Gasteiger partial charge in [-0.15, -0.1) is 0 Å². The Labute approximate surface area is 155 Å². The molecule has 1 aromatic rings. The minimum absolute atomic E-state index is 0.0211. The van der Waals surface area contributed by atoms with Crippen molar-refractivity contribution >= 4 is 23.4 Å². The molecule has 1 aliphatic rings. The molecule has 4 nitrogen and oxygen atoms in total. The normalized spacial score (nSPS) is 21.1. The maximum Gasteiger partial charge on any atom is 0.245 e. The molecule has 0 bridgehead atoms. The molecule has 5 heteroatoms. The van der Waals surface area contributed by atoms with Gasteiger partial charge in [-0.2, -0.15) is 0 Å². The van der Waals surface area contributed by atoms with Crippen molar-refractivity contribution in [1.29, 1.82) is 0 Å². The SMILES string of the molecule is CC(=O)N[C@@H](C(=O)N1CC[C@H](c2ccc(Cl)cc2)C(C)(C)C1)C(C)C. The Morgan fingerprint density at radius 2 is 1.84 bits per heavy atom. The fourth-order valence-electron chi connectivity index (χ4n) is 3.79. The first kappa shape index (κ1) is 19.8. The standard InChI is InChI=1S/C20H29ClN2O2/c1-13(2)18(22-14(3)24)19(25)23-11-10-17(20(4,5)12-23)15-6-8-16(21)9-7-15/h6-9,13,17-18H,10-12H2,1-5H3,(H,22,24)/t17-,18-/m1/s1. The van der Waals surface area contributed by atoms with Gasteiger partial charge in [0.25, 0.3) is 0 Å². The number of likely N-dealkylation sites (tertiary alicyclic amines) is 1. The number of nitrogens with zero attached hydrogens (tertiary/aromatic N) is 1. The highest BCUT2D eigenvalue weighted by atomic mass is 35.5. The zero-order valence-electron chi connectivity index (χ0n) is 15.8. The number of carbonyl (C=O) groups excluding carboxylic acids is 2. The van der Waals surface area contributed by atoms with E-state index in [0.717, 1.165) is 11.4 Å². The van der Waals surface area contributed by atoms with E-state index in [9.17, 15) is 9.59 Å². The van der Waals surface area contributed by atoms with Gasteiger partial charge < -0.3 is 10.2 Å². The van der Waals surface area contributed by atoms with Gasteiger partial charge in [-0.3, -0.25) is 9.59 Å². The van der Waals surface area contributed by atoms with E-state index in [0.29, 0.717) is 19.0 Å². The summed E-state index contributed by atoms with van der Waals surface area (Å²) in [6.45, 7) is 11.2. The summed E-state index contributed by atoms with van der Waals surface area (Å²) in [6.07, 6.45) is 0.908. The Bertz CT molecular complexity index is 625. The molecular weight excluding hydrogens is 336 g/mol. The van der Waals surface area contributed by atoms with E-state index in [1.165, 1.54) is 12.5 Å². The van der Waals surface area contributed by atoms with Crippen LogP contribution in [0.25, 0.3) is 0 Å². The minimum Gasteiger partial charge on any atom is -0.344 e. The van der Waals surface area contributed by atoms with E-state index in [-0.39, 0.29) is 23.1 Å². The predicted molar refractivity (Wildman–Crippen MR) is 102 cm³/mol. The molecule has 0 radical (unpaired) electrons. The number of carbonyl (C=O) groups is 2. The number of piperidine rings is 1. The van der Waals surface area contributed by atoms with Crippen molar-refractivity contribution in [2.45, 2.75) is 53.0 Å². The Hall–Kier alpha value is -1.55. The molecule has 1 aliphatic heterocycles. The summed E-state index contributed by atoms with van der Waals surface area (Å²) in [6, 6.07) is 7.56. The summed E-state index contributed by atoms with van der Waals surface area (Å²) in [5.41, 5.74) is 1.23. The average molecular weight is 365 g/mol. The van der Waals surface area contributed by atoms with E-state index in [4.69, 9.17) is 11.6 Å². The van der Waals surface area contributed by atoms with Gasteiger partial charge >= 0.3 is 0 Å². The third-order valence-corrected chi connectivity index (χ3v) is 5.36. The van der Waals surface area contributed by atoms with E-state index in [2.05, 4.69) is 31.3 Å². The van der Waals surface area contributed by atoms with Gasteiger partial charge in [0.2, 0.25) is 11.8 Å². The highest BCUT2D eigenvalue weighted by Crippen LogP contribution is 2.42. The number of amides is 2. The molecule has 1 saturated heterocycles. The second-order valence-electron chi connectivity index (χ2n) is 8.06. The van der Waals surface area contributed by atoms with Crippen LogP contribution < -0.4 is 5.32 Å². The second kappa shape index (κ2) is 7.77. The molecule has 2 rings (SSSR count). The van der Waals surface area contributed by atoms with Crippen molar-refractivity contribution in [2.75, 3.05) is 13.1 Å². The monoisotopic (exact) mass is 364 g/mol. The molecule has 0 saturated carbocycles. The molecule has 0 aromatic heterocycles. The first-order chi connectivity index (χ1) is 11.6. The highest BCUT2D eigenvalue weighted by molar-refractivity contribution is 6.30. The fraction of sp³-hybridized carbons (Fsp3) is 0.600. The van der Waals surface area contributed by atoms with E-state index in [1.54, 1.807) is 0 Å².